The maximum atomic E-state index is 11.7. The molecule has 1 heterocycles. The van der Waals surface area contributed by atoms with Gasteiger partial charge in [-0.05, 0) is 43.2 Å². The van der Waals surface area contributed by atoms with Gasteiger partial charge in [0.05, 0.1) is 4.92 Å². The Hall–Kier alpha value is -3.22. The summed E-state index contributed by atoms with van der Waals surface area (Å²) in [5.74, 6) is 0.583. The molecule has 3 aromatic rings. The first-order valence-corrected chi connectivity index (χ1v) is 7.56. The number of hydrogen-bond donors (Lipinski definition) is 1. The summed E-state index contributed by atoms with van der Waals surface area (Å²) in [4.78, 5) is 26.4. The van der Waals surface area contributed by atoms with E-state index < -0.39 is 4.92 Å². The second-order valence-electron chi connectivity index (χ2n) is 5.77. The van der Waals surface area contributed by atoms with E-state index in [2.05, 4.69) is 10.3 Å². The number of amides is 1. The smallest absolute Gasteiger partial charge is 0.271 e. The van der Waals surface area contributed by atoms with Gasteiger partial charge in [0.15, 0.2) is 5.58 Å². The first-order chi connectivity index (χ1) is 11.6. The van der Waals surface area contributed by atoms with Gasteiger partial charge in [-0.2, -0.15) is 0 Å². The number of aromatic nitrogens is 1. The summed E-state index contributed by atoms with van der Waals surface area (Å²) in [6, 6.07) is 11.5. The number of nitro benzene ring substituents is 1. The summed E-state index contributed by atoms with van der Waals surface area (Å²) in [6.45, 7) is 0. The van der Waals surface area contributed by atoms with Gasteiger partial charge in [0.25, 0.3) is 5.69 Å². The molecule has 2 aromatic carbocycles. The molecule has 0 radical (unpaired) electrons. The summed E-state index contributed by atoms with van der Waals surface area (Å²) >= 11 is 0. The van der Waals surface area contributed by atoms with E-state index >= 15 is 0 Å². The molecule has 1 amide bonds. The Kier molecular flexibility index (Phi) is 3.26. The van der Waals surface area contributed by atoms with Crippen LogP contribution in [0.15, 0.2) is 46.9 Å². The largest absolute Gasteiger partial charge is 0.436 e. The highest BCUT2D eigenvalue weighted by atomic mass is 16.6. The van der Waals surface area contributed by atoms with Crippen molar-refractivity contribution in [2.75, 3.05) is 5.32 Å². The summed E-state index contributed by atoms with van der Waals surface area (Å²) in [5, 5.41) is 13.7. The summed E-state index contributed by atoms with van der Waals surface area (Å²) in [7, 11) is 0. The molecule has 24 heavy (non-hydrogen) atoms. The van der Waals surface area contributed by atoms with Crippen molar-refractivity contribution < 1.29 is 14.1 Å². The van der Waals surface area contributed by atoms with Gasteiger partial charge in [-0.1, -0.05) is 0 Å². The van der Waals surface area contributed by atoms with Crippen LogP contribution in [0.5, 0.6) is 0 Å². The second-order valence-corrected chi connectivity index (χ2v) is 5.77. The minimum absolute atomic E-state index is 0.0273. The molecule has 0 atom stereocenters. The Morgan fingerprint density at radius 2 is 1.96 bits per heavy atom. The Morgan fingerprint density at radius 1 is 1.21 bits per heavy atom. The van der Waals surface area contributed by atoms with Crippen molar-refractivity contribution in [3.8, 4) is 11.5 Å². The lowest BCUT2D eigenvalue weighted by atomic mass is 10.2. The fourth-order valence-corrected chi connectivity index (χ4v) is 2.44. The number of anilines is 1. The van der Waals surface area contributed by atoms with Crippen LogP contribution in [0.3, 0.4) is 0 Å². The number of hydrogen-bond acceptors (Lipinski definition) is 5. The number of nitro groups is 1. The molecule has 4 rings (SSSR count). The van der Waals surface area contributed by atoms with Crippen molar-refractivity contribution in [3.63, 3.8) is 0 Å². The van der Waals surface area contributed by atoms with E-state index in [-0.39, 0.29) is 17.5 Å². The molecule has 0 saturated heterocycles. The SMILES string of the molecule is O=C(Nc1ccc(-c2nc3cc([N+](=O)[O-])ccc3o2)cc1)C1CC1. The highest BCUT2D eigenvalue weighted by Crippen LogP contribution is 2.31. The average Bonchev–Trinajstić information content (AvgIpc) is 3.34. The highest BCUT2D eigenvalue weighted by molar-refractivity contribution is 5.94. The Balaban J connectivity index is 1.59. The lowest BCUT2D eigenvalue weighted by molar-refractivity contribution is -0.384. The van der Waals surface area contributed by atoms with Crippen LogP contribution in [0, 0.1) is 16.0 Å². The molecule has 7 heteroatoms. The molecule has 1 aromatic heterocycles. The first-order valence-electron chi connectivity index (χ1n) is 7.56. The van der Waals surface area contributed by atoms with Gasteiger partial charge in [-0.3, -0.25) is 14.9 Å². The van der Waals surface area contributed by atoms with E-state index in [1.54, 1.807) is 24.3 Å². The molecule has 1 saturated carbocycles. The van der Waals surface area contributed by atoms with E-state index in [0.717, 1.165) is 24.1 Å². The maximum Gasteiger partial charge on any atom is 0.271 e. The molecule has 0 aliphatic heterocycles. The third kappa shape index (κ3) is 2.71. The molecular weight excluding hydrogens is 310 g/mol. The van der Waals surface area contributed by atoms with Gasteiger partial charge in [0, 0.05) is 29.3 Å². The third-order valence-electron chi connectivity index (χ3n) is 3.93. The third-order valence-corrected chi connectivity index (χ3v) is 3.93. The van der Waals surface area contributed by atoms with Gasteiger partial charge >= 0.3 is 0 Å². The number of non-ortho nitro benzene ring substituents is 1. The quantitative estimate of drug-likeness (QED) is 0.582. The standard InChI is InChI=1S/C17H13N3O4/c21-16(10-1-2-10)18-12-5-3-11(4-6-12)17-19-14-9-13(20(22)23)7-8-15(14)24-17/h3-10H,1-2H2,(H,18,21). The molecule has 120 valence electrons. The topological polar surface area (TPSA) is 98.3 Å². The molecular formula is C17H13N3O4. The molecule has 7 nitrogen and oxygen atoms in total. The number of nitrogens with zero attached hydrogens (tertiary/aromatic N) is 2. The highest BCUT2D eigenvalue weighted by Gasteiger charge is 2.29. The van der Waals surface area contributed by atoms with Crippen LogP contribution in [0.25, 0.3) is 22.6 Å². The van der Waals surface area contributed by atoms with Crippen molar-refractivity contribution in [1.29, 1.82) is 0 Å². The molecule has 0 unspecified atom stereocenters. The average molecular weight is 323 g/mol. The molecule has 1 aliphatic rings. The molecule has 1 fully saturated rings. The number of carbonyl (C=O) groups excluding carboxylic acids is 1. The van der Waals surface area contributed by atoms with E-state index in [4.69, 9.17) is 4.42 Å². The van der Waals surface area contributed by atoms with Gasteiger partial charge in [0.1, 0.15) is 5.52 Å². The second kappa shape index (κ2) is 5.45. The maximum absolute atomic E-state index is 11.7. The lowest BCUT2D eigenvalue weighted by Crippen LogP contribution is -2.12. The Morgan fingerprint density at radius 3 is 2.62 bits per heavy atom. The van der Waals surface area contributed by atoms with Crippen molar-refractivity contribution in [2.24, 2.45) is 5.92 Å². The summed E-state index contributed by atoms with van der Waals surface area (Å²) in [6.07, 6.45) is 1.91. The normalized spacial score (nSPS) is 13.8. The number of fused-ring (bicyclic) bond motifs is 1. The van der Waals surface area contributed by atoms with Crippen LogP contribution in [-0.2, 0) is 4.79 Å². The lowest BCUT2D eigenvalue weighted by Gasteiger charge is -2.04. The van der Waals surface area contributed by atoms with Gasteiger partial charge < -0.3 is 9.73 Å². The number of rotatable bonds is 4. The molecule has 0 spiro atoms. The number of nitrogens with one attached hydrogen (secondary N) is 1. The van der Waals surface area contributed by atoms with Crippen LogP contribution in [0.4, 0.5) is 11.4 Å². The summed E-state index contributed by atoms with van der Waals surface area (Å²) in [5.41, 5.74) is 2.35. The van der Waals surface area contributed by atoms with E-state index in [0.29, 0.717) is 17.0 Å². The van der Waals surface area contributed by atoms with E-state index in [1.165, 1.54) is 18.2 Å². The minimum Gasteiger partial charge on any atom is -0.436 e. The predicted octanol–water partition coefficient (Wildman–Crippen LogP) is 3.75. The number of benzene rings is 2. The monoisotopic (exact) mass is 323 g/mol. The minimum atomic E-state index is -0.467. The van der Waals surface area contributed by atoms with Crippen molar-refractivity contribution in [1.82, 2.24) is 4.98 Å². The Labute approximate surface area is 136 Å². The molecule has 0 bridgehead atoms. The van der Waals surface area contributed by atoms with Gasteiger partial charge in [-0.25, -0.2) is 4.98 Å². The van der Waals surface area contributed by atoms with Crippen LogP contribution >= 0.6 is 0 Å². The van der Waals surface area contributed by atoms with E-state index in [1.807, 2.05) is 0 Å². The molecule has 1 N–H and O–H groups in total. The van der Waals surface area contributed by atoms with E-state index in [9.17, 15) is 14.9 Å². The fourth-order valence-electron chi connectivity index (χ4n) is 2.44. The van der Waals surface area contributed by atoms with Crippen molar-refractivity contribution in [3.05, 3.63) is 52.6 Å². The zero-order valence-corrected chi connectivity index (χ0v) is 12.6. The van der Waals surface area contributed by atoms with Crippen LogP contribution in [0.2, 0.25) is 0 Å². The van der Waals surface area contributed by atoms with Crippen LogP contribution < -0.4 is 5.32 Å². The van der Waals surface area contributed by atoms with Crippen LogP contribution in [0.1, 0.15) is 12.8 Å². The number of carbonyl (C=O) groups is 1. The first kappa shape index (κ1) is 14.4. The predicted molar refractivity (Wildman–Crippen MR) is 87.5 cm³/mol. The zero-order chi connectivity index (χ0) is 16.7. The fraction of sp³-hybridized carbons (Fsp3) is 0.176. The summed E-state index contributed by atoms with van der Waals surface area (Å²) < 4.78 is 5.64. The zero-order valence-electron chi connectivity index (χ0n) is 12.6. The number of oxazole rings is 1. The van der Waals surface area contributed by atoms with Crippen molar-refractivity contribution >= 4 is 28.4 Å². The van der Waals surface area contributed by atoms with Gasteiger partial charge in [0.2, 0.25) is 11.8 Å². The van der Waals surface area contributed by atoms with Gasteiger partial charge in [-0.15, -0.1) is 0 Å². The van der Waals surface area contributed by atoms with Crippen molar-refractivity contribution in [2.45, 2.75) is 12.8 Å². The van der Waals surface area contributed by atoms with Crippen LogP contribution in [-0.4, -0.2) is 15.8 Å². The Bertz CT molecular complexity index is 942. The molecule has 1 aliphatic carbocycles.